The smallest absolute Gasteiger partial charge is 0.265 e. The van der Waals surface area contributed by atoms with Gasteiger partial charge in [-0.25, -0.2) is 0 Å². The Morgan fingerprint density at radius 2 is 2.20 bits per heavy atom. The number of hydrogen-bond donors (Lipinski definition) is 3. The minimum atomic E-state index is -0.635. The van der Waals surface area contributed by atoms with E-state index in [-0.39, 0.29) is 19.1 Å². The minimum absolute atomic E-state index is 0.296. The summed E-state index contributed by atoms with van der Waals surface area (Å²) in [5, 5.41) is 23.9. The number of nitrogens with one attached hydrogen (secondary N) is 1. The third kappa shape index (κ3) is 2.95. The largest absolute Gasteiger partial charge is 0.394 e. The number of aryl methyl sites for hydroxylation is 1. The highest BCUT2D eigenvalue weighted by molar-refractivity contribution is 7.08. The van der Waals surface area contributed by atoms with Crippen molar-refractivity contribution < 1.29 is 15.0 Å². The summed E-state index contributed by atoms with van der Waals surface area (Å²) in [7, 11) is 0. The van der Waals surface area contributed by atoms with Crippen molar-refractivity contribution in [2.75, 3.05) is 13.2 Å². The molecule has 0 atom stereocenters. The SMILES string of the molecule is CCc1nnsc1C(=O)NC(CO)CO. The molecule has 0 unspecified atom stereocenters. The molecule has 0 aliphatic heterocycles. The van der Waals surface area contributed by atoms with Crippen LogP contribution in [0.1, 0.15) is 22.3 Å². The van der Waals surface area contributed by atoms with Gasteiger partial charge >= 0.3 is 0 Å². The van der Waals surface area contributed by atoms with Gasteiger partial charge in [0, 0.05) is 0 Å². The Bertz CT molecular complexity index is 325. The van der Waals surface area contributed by atoms with Gasteiger partial charge in [-0.2, -0.15) is 0 Å². The van der Waals surface area contributed by atoms with Crippen molar-refractivity contribution in [1.82, 2.24) is 14.9 Å². The van der Waals surface area contributed by atoms with Gasteiger partial charge in [-0.1, -0.05) is 11.4 Å². The number of nitrogens with zero attached hydrogens (tertiary/aromatic N) is 2. The van der Waals surface area contributed by atoms with Gasteiger partial charge in [0.05, 0.1) is 24.9 Å². The molecule has 0 aliphatic carbocycles. The van der Waals surface area contributed by atoms with Crippen LogP contribution in [0, 0.1) is 0 Å². The molecule has 0 saturated heterocycles. The van der Waals surface area contributed by atoms with Crippen molar-refractivity contribution in [2.24, 2.45) is 0 Å². The van der Waals surface area contributed by atoms with E-state index < -0.39 is 6.04 Å². The number of carbonyl (C=O) groups is 1. The Hall–Kier alpha value is -1.05. The van der Waals surface area contributed by atoms with Crippen LogP contribution in [0.3, 0.4) is 0 Å². The maximum absolute atomic E-state index is 11.6. The van der Waals surface area contributed by atoms with E-state index in [1.54, 1.807) is 0 Å². The summed E-state index contributed by atoms with van der Waals surface area (Å²) in [6.45, 7) is 1.29. The minimum Gasteiger partial charge on any atom is -0.394 e. The van der Waals surface area contributed by atoms with Gasteiger partial charge in [0.25, 0.3) is 5.91 Å². The maximum atomic E-state index is 11.6. The van der Waals surface area contributed by atoms with Crippen LogP contribution >= 0.6 is 11.5 Å². The second kappa shape index (κ2) is 5.74. The van der Waals surface area contributed by atoms with E-state index in [2.05, 4.69) is 14.9 Å². The molecule has 7 heteroatoms. The molecule has 0 bridgehead atoms. The average molecular weight is 231 g/mol. The first-order valence-electron chi connectivity index (χ1n) is 4.56. The normalized spacial score (nSPS) is 10.7. The van der Waals surface area contributed by atoms with E-state index in [1.165, 1.54) is 0 Å². The molecular weight excluding hydrogens is 218 g/mol. The number of hydrogen-bond acceptors (Lipinski definition) is 6. The lowest BCUT2D eigenvalue weighted by Gasteiger charge is -2.12. The molecule has 1 heterocycles. The summed E-state index contributed by atoms with van der Waals surface area (Å²) in [5.74, 6) is -0.352. The summed E-state index contributed by atoms with van der Waals surface area (Å²) < 4.78 is 3.68. The summed E-state index contributed by atoms with van der Waals surface area (Å²) in [5.41, 5.74) is 0.632. The standard InChI is InChI=1S/C8H13N3O3S/c1-2-6-7(15-11-10-6)8(14)9-5(3-12)4-13/h5,12-13H,2-4H2,1H3,(H,9,14). The Balaban J connectivity index is 2.68. The molecule has 0 radical (unpaired) electrons. The van der Waals surface area contributed by atoms with Gasteiger partial charge in [-0.15, -0.1) is 5.10 Å². The third-order valence-corrected chi connectivity index (χ3v) is 2.64. The van der Waals surface area contributed by atoms with E-state index in [0.717, 1.165) is 11.5 Å². The van der Waals surface area contributed by atoms with Crippen LogP contribution in [0.2, 0.25) is 0 Å². The van der Waals surface area contributed by atoms with Crippen molar-refractivity contribution >= 4 is 17.4 Å². The third-order valence-electron chi connectivity index (χ3n) is 1.87. The van der Waals surface area contributed by atoms with Crippen LogP contribution < -0.4 is 5.32 Å². The van der Waals surface area contributed by atoms with Crippen molar-refractivity contribution in [2.45, 2.75) is 19.4 Å². The lowest BCUT2D eigenvalue weighted by molar-refractivity contribution is 0.0882. The van der Waals surface area contributed by atoms with E-state index in [0.29, 0.717) is 17.0 Å². The molecule has 6 nitrogen and oxygen atoms in total. The predicted octanol–water partition coefficient (Wildman–Crippen LogP) is -0.817. The van der Waals surface area contributed by atoms with E-state index in [1.807, 2.05) is 6.92 Å². The topological polar surface area (TPSA) is 95.3 Å². The number of aliphatic hydroxyl groups is 2. The number of carbonyl (C=O) groups excluding carboxylic acids is 1. The molecule has 0 saturated carbocycles. The molecule has 84 valence electrons. The summed E-state index contributed by atoms with van der Waals surface area (Å²) in [6.07, 6.45) is 0.627. The monoisotopic (exact) mass is 231 g/mol. The van der Waals surface area contributed by atoms with Gasteiger partial charge in [0.1, 0.15) is 4.88 Å². The van der Waals surface area contributed by atoms with Gasteiger partial charge in [0.15, 0.2) is 0 Å². The van der Waals surface area contributed by atoms with E-state index in [9.17, 15) is 4.79 Å². The Kier molecular flexibility index (Phi) is 4.60. The molecule has 0 spiro atoms. The lowest BCUT2D eigenvalue weighted by Crippen LogP contribution is -2.40. The second-order valence-corrected chi connectivity index (χ2v) is 3.69. The number of aliphatic hydroxyl groups excluding tert-OH is 2. The maximum Gasteiger partial charge on any atom is 0.265 e. The van der Waals surface area contributed by atoms with Crippen LogP contribution in [0.4, 0.5) is 0 Å². The van der Waals surface area contributed by atoms with Crippen molar-refractivity contribution in [3.63, 3.8) is 0 Å². The summed E-state index contributed by atoms with van der Waals surface area (Å²) in [6, 6.07) is -0.635. The van der Waals surface area contributed by atoms with E-state index >= 15 is 0 Å². The molecule has 0 aliphatic rings. The summed E-state index contributed by atoms with van der Waals surface area (Å²) in [4.78, 5) is 12.0. The van der Waals surface area contributed by atoms with Crippen molar-refractivity contribution in [3.8, 4) is 0 Å². The molecule has 1 aromatic rings. The average Bonchev–Trinajstić information content (AvgIpc) is 2.73. The van der Waals surface area contributed by atoms with Crippen LogP contribution in [0.5, 0.6) is 0 Å². The fourth-order valence-corrected chi connectivity index (χ4v) is 1.67. The van der Waals surface area contributed by atoms with Gasteiger partial charge < -0.3 is 15.5 Å². The molecule has 3 N–H and O–H groups in total. The zero-order valence-electron chi connectivity index (χ0n) is 8.30. The fraction of sp³-hybridized carbons (Fsp3) is 0.625. The number of aromatic nitrogens is 2. The first kappa shape index (κ1) is 12.0. The van der Waals surface area contributed by atoms with Crippen LogP contribution in [0.25, 0.3) is 0 Å². The van der Waals surface area contributed by atoms with Crippen LogP contribution in [-0.4, -0.2) is 45.0 Å². The zero-order valence-corrected chi connectivity index (χ0v) is 9.12. The number of rotatable bonds is 5. The number of amides is 1. The zero-order chi connectivity index (χ0) is 11.3. The molecule has 0 fully saturated rings. The lowest BCUT2D eigenvalue weighted by atomic mass is 10.2. The van der Waals surface area contributed by atoms with Crippen molar-refractivity contribution in [1.29, 1.82) is 0 Å². The highest BCUT2D eigenvalue weighted by atomic mass is 32.1. The van der Waals surface area contributed by atoms with E-state index in [4.69, 9.17) is 10.2 Å². The molecule has 15 heavy (non-hydrogen) atoms. The molecule has 0 aromatic carbocycles. The first-order chi connectivity index (χ1) is 7.22. The predicted molar refractivity (Wildman–Crippen MR) is 54.7 cm³/mol. The first-order valence-corrected chi connectivity index (χ1v) is 5.34. The Morgan fingerprint density at radius 1 is 1.53 bits per heavy atom. The highest BCUT2D eigenvalue weighted by Gasteiger charge is 2.17. The van der Waals surface area contributed by atoms with Crippen molar-refractivity contribution in [3.05, 3.63) is 10.6 Å². The highest BCUT2D eigenvalue weighted by Crippen LogP contribution is 2.10. The molecule has 1 aromatic heterocycles. The molecule has 1 amide bonds. The molecule has 1 rings (SSSR count). The van der Waals surface area contributed by atoms with Gasteiger partial charge in [-0.05, 0) is 18.0 Å². The van der Waals surface area contributed by atoms with Gasteiger partial charge in [-0.3, -0.25) is 4.79 Å². The quantitative estimate of drug-likeness (QED) is 0.615. The van der Waals surface area contributed by atoms with Crippen LogP contribution in [-0.2, 0) is 6.42 Å². The summed E-state index contributed by atoms with van der Waals surface area (Å²) >= 11 is 1.01. The second-order valence-electron chi connectivity index (χ2n) is 2.94. The Labute approximate surface area is 91.1 Å². The van der Waals surface area contributed by atoms with Crippen LogP contribution in [0.15, 0.2) is 0 Å². The van der Waals surface area contributed by atoms with Gasteiger partial charge in [0.2, 0.25) is 0 Å². The molecular formula is C8H13N3O3S. The Morgan fingerprint density at radius 3 is 2.73 bits per heavy atom. The fourth-order valence-electron chi connectivity index (χ4n) is 1.01.